The summed E-state index contributed by atoms with van der Waals surface area (Å²) in [5, 5.41) is 20.3. The quantitative estimate of drug-likeness (QED) is 0.444. The lowest BCUT2D eigenvalue weighted by atomic mass is 10.1. The van der Waals surface area contributed by atoms with Gasteiger partial charge in [0.25, 0.3) is 0 Å². The molecule has 1 aromatic heterocycles. The smallest absolute Gasteiger partial charge is 0.344 e. The summed E-state index contributed by atoms with van der Waals surface area (Å²) < 4.78 is 10.9. The van der Waals surface area contributed by atoms with Crippen LogP contribution in [0.2, 0.25) is 0 Å². The molecule has 1 aliphatic heterocycles. The Morgan fingerprint density at radius 3 is 2.61 bits per heavy atom. The third-order valence-electron chi connectivity index (χ3n) is 4.65. The Balaban J connectivity index is 1.68. The molecule has 0 unspecified atom stereocenters. The monoisotopic (exact) mass is 461 g/mol. The minimum absolute atomic E-state index is 0.00195. The van der Waals surface area contributed by atoms with Crippen LogP contribution in [0.4, 0.5) is 5.69 Å². The highest BCUT2D eigenvalue weighted by molar-refractivity contribution is 8.18. The van der Waals surface area contributed by atoms with E-state index in [0.29, 0.717) is 32.7 Å². The van der Waals surface area contributed by atoms with Gasteiger partial charge in [-0.3, -0.25) is 0 Å². The summed E-state index contributed by atoms with van der Waals surface area (Å²) in [6.07, 6.45) is 1.59. The summed E-state index contributed by atoms with van der Waals surface area (Å²) >= 11 is 1.13. The topological polar surface area (TPSA) is 109 Å². The number of aliphatic hydroxyl groups is 1. The number of aliphatic imine (C=N–C) groups is 1. The van der Waals surface area contributed by atoms with Gasteiger partial charge in [0.15, 0.2) is 0 Å². The molecule has 0 amide bonds. The van der Waals surface area contributed by atoms with Crippen molar-refractivity contribution in [3.8, 4) is 11.3 Å². The molecule has 2 aromatic carbocycles. The molecule has 0 radical (unpaired) electrons. The van der Waals surface area contributed by atoms with Crippen molar-refractivity contribution in [3.05, 3.63) is 94.3 Å². The van der Waals surface area contributed by atoms with Gasteiger partial charge in [0.1, 0.15) is 27.9 Å². The van der Waals surface area contributed by atoms with Crippen LogP contribution in [0.1, 0.15) is 23.0 Å². The molecule has 0 fully saturated rings. The number of carbonyl (C=O) groups is 2. The van der Waals surface area contributed by atoms with Crippen LogP contribution in [0, 0.1) is 0 Å². The van der Waals surface area contributed by atoms with E-state index >= 15 is 0 Å². The van der Waals surface area contributed by atoms with Crippen molar-refractivity contribution in [1.82, 2.24) is 0 Å². The third-order valence-corrected chi connectivity index (χ3v) is 5.67. The van der Waals surface area contributed by atoms with E-state index in [1.165, 1.54) is 12.1 Å². The number of aromatic carboxylic acids is 1. The fourth-order valence-electron chi connectivity index (χ4n) is 3.13. The fraction of sp³-hybridized carbons (Fsp3) is 0.0800. The molecule has 4 rings (SSSR count). The van der Waals surface area contributed by atoms with Gasteiger partial charge < -0.3 is 19.4 Å². The lowest BCUT2D eigenvalue weighted by molar-refractivity contribution is -0.138. The highest BCUT2D eigenvalue weighted by atomic mass is 32.2. The summed E-state index contributed by atoms with van der Waals surface area (Å²) in [7, 11) is 0. The number of hydrogen-bond donors (Lipinski definition) is 2. The second kappa shape index (κ2) is 9.62. The molecule has 0 spiro atoms. The first-order valence-electron chi connectivity index (χ1n) is 10.0. The zero-order valence-corrected chi connectivity index (χ0v) is 18.3. The van der Waals surface area contributed by atoms with E-state index in [9.17, 15) is 19.8 Å². The fourth-order valence-corrected chi connectivity index (χ4v) is 4.15. The average molecular weight is 461 g/mol. The number of carboxylic acids is 1. The number of rotatable bonds is 6. The van der Waals surface area contributed by atoms with Crippen LogP contribution >= 0.6 is 11.8 Å². The molecule has 3 aromatic rings. The van der Waals surface area contributed by atoms with Gasteiger partial charge >= 0.3 is 11.9 Å². The van der Waals surface area contributed by atoms with Gasteiger partial charge in [0, 0.05) is 5.56 Å². The van der Waals surface area contributed by atoms with Crippen molar-refractivity contribution in [2.75, 3.05) is 6.61 Å². The maximum atomic E-state index is 12.5. The Labute approximate surface area is 193 Å². The second-order valence-electron chi connectivity index (χ2n) is 6.90. The first kappa shape index (κ1) is 22.2. The maximum Gasteiger partial charge on any atom is 0.344 e. The second-order valence-corrected chi connectivity index (χ2v) is 7.93. The van der Waals surface area contributed by atoms with E-state index in [1.54, 1.807) is 49.4 Å². The van der Waals surface area contributed by atoms with Crippen molar-refractivity contribution in [1.29, 1.82) is 0 Å². The highest BCUT2D eigenvalue weighted by Crippen LogP contribution is 2.40. The number of furan rings is 1. The van der Waals surface area contributed by atoms with Gasteiger partial charge in [0.2, 0.25) is 0 Å². The van der Waals surface area contributed by atoms with E-state index in [0.717, 1.165) is 11.8 Å². The van der Waals surface area contributed by atoms with Crippen LogP contribution in [0.15, 0.2) is 92.4 Å². The van der Waals surface area contributed by atoms with Crippen LogP contribution < -0.4 is 0 Å². The Morgan fingerprint density at radius 2 is 1.88 bits per heavy atom. The Hall–Kier alpha value is -4.04. The number of benzene rings is 2. The van der Waals surface area contributed by atoms with E-state index in [2.05, 4.69) is 4.99 Å². The van der Waals surface area contributed by atoms with Crippen LogP contribution in [0.3, 0.4) is 0 Å². The number of para-hydroxylation sites is 1. The first-order valence-corrected chi connectivity index (χ1v) is 10.9. The van der Waals surface area contributed by atoms with Crippen molar-refractivity contribution in [2.45, 2.75) is 6.92 Å². The minimum Gasteiger partial charge on any atom is -0.506 e. The molecule has 2 heterocycles. The van der Waals surface area contributed by atoms with Gasteiger partial charge in [-0.15, -0.1) is 0 Å². The predicted octanol–water partition coefficient (Wildman–Crippen LogP) is 5.84. The predicted molar refractivity (Wildman–Crippen MR) is 126 cm³/mol. The number of esters is 1. The third kappa shape index (κ3) is 4.91. The number of thioether (sulfide) groups is 1. The summed E-state index contributed by atoms with van der Waals surface area (Å²) in [4.78, 5) is 28.6. The van der Waals surface area contributed by atoms with Crippen molar-refractivity contribution in [2.24, 2.45) is 4.99 Å². The average Bonchev–Trinajstić information content (AvgIpc) is 3.39. The molecule has 0 saturated heterocycles. The Kier molecular flexibility index (Phi) is 6.46. The van der Waals surface area contributed by atoms with Gasteiger partial charge in [0.05, 0.1) is 22.8 Å². The van der Waals surface area contributed by atoms with Crippen LogP contribution in [0.5, 0.6) is 0 Å². The van der Waals surface area contributed by atoms with E-state index in [-0.39, 0.29) is 23.5 Å². The zero-order chi connectivity index (χ0) is 23.4. The SMILES string of the molecule is CCOC(=O)C1=C(O)/C(=C/c2ccc(-c3cccc(C(=O)O)c3)o2)SC1=Nc1ccccc1. The van der Waals surface area contributed by atoms with E-state index < -0.39 is 11.9 Å². The molecule has 2 N–H and O–H groups in total. The molecule has 0 atom stereocenters. The van der Waals surface area contributed by atoms with Crippen molar-refractivity contribution >= 4 is 40.5 Å². The summed E-state index contributed by atoms with van der Waals surface area (Å²) in [6, 6.07) is 18.9. The Bertz CT molecular complexity index is 1300. The van der Waals surface area contributed by atoms with E-state index in [1.807, 2.05) is 18.2 Å². The van der Waals surface area contributed by atoms with Crippen molar-refractivity contribution < 1.29 is 29.0 Å². The molecule has 166 valence electrons. The molecule has 8 heteroatoms. The highest BCUT2D eigenvalue weighted by Gasteiger charge is 2.33. The Morgan fingerprint density at radius 1 is 1.09 bits per heavy atom. The number of hydrogen-bond acceptors (Lipinski definition) is 7. The zero-order valence-electron chi connectivity index (χ0n) is 17.5. The summed E-state index contributed by atoms with van der Waals surface area (Å²) in [6.45, 7) is 1.85. The summed E-state index contributed by atoms with van der Waals surface area (Å²) in [5.41, 5.74) is 1.39. The number of aliphatic hydroxyl groups excluding tert-OH is 1. The molecule has 0 saturated carbocycles. The molecule has 7 nitrogen and oxygen atoms in total. The van der Waals surface area contributed by atoms with Crippen LogP contribution in [0.25, 0.3) is 17.4 Å². The molecule has 1 aliphatic rings. The molecule has 0 aliphatic carbocycles. The lowest BCUT2D eigenvalue weighted by Crippen LogP contribution is -2.12. The number of nitrogens with zero attached hydrogens (tertiary/aromatic N) is 1. The molecular weight excluding hydrogens is 442 g/mol. The van der Waals surface area contributed by atoms with E-state index in [4.69, 9.17) is 9.15 Å². The number of ether oxygens (including phenoxy) is 1. The standard InChI is InChI=1S/C25H19NO6S/c1-2-31-25(30)21-22(27)20(33-23(21)26-17-9-4-3-5-10-17)14-18-11-12-19(32-18)15-7-6-8-16(13-15)24(28)29/h3-14,27H,2H2,1H3,(H,28,29)/b20-14-,26-23?. The largest absolute Gasteiger partial charge is 0.506 e. The van der Waals surface area contributed by atoms with Crippen LogP contribution in [-0.4, -0.2) is 33.8 Å². The molecular formula is C25H19NO6S. The normalized spacial score (nSPS) is 15.9. The maximum absolute atomic E-state index is 12.5. The van der Waals surface area contributed by atoms with Gasteiger partial charge in [-0.2, -0.15) is 0 Å². The molecule has 33 heavy (non-hydrogen) atoms. The van der Waals surface area contributed by atoms with Crippen LogP contribution in [-0.2, 0) is 9.53 Å². The van der Waals surface area contributed by atoms with Gasteiger partial charge in [-0.1, -0.05) is 42.1 Å². The molecule has 0 bridgehead atoms. The van der Waals surface area contributed by atoms with Gasteiger partial charge in [-0.05, 0) is 49.4 Å². The van der Waals surface area contributed by atoms with Crippen molar-refractivity contribution in [3.63, 3.8) is 0 Å². The van der Waals surface area contributed by atoms with Gasteiger partial charge in [-0.25, -0.2) is 14.6 Å². The number of carbonyl (C=O) groups excluding carboxylic acids is 1. The lowest BCUT2D eigenvalue weighted by Gasteiger charge is -2.03. The number of carboxylic acid groups (broad SMARTS) is 1. The first-order chi connectivity index (χ1) is 16.0. The summed E-state index contributed by atoms with van der Waals surface area (Å²) in [5.74, 6) is -1.03. The minimum atomic E-state index is -1.03.